The number of benzene rings is 2. The summed E-state index contributed by atoms with van der Waals surface area (Å²) in [7, 11) is 0. The van der Waals surface area contributed by atoms with Crippen LogP contribution < -0.4 is 5.32 Å². The van der Waals surface area contributed by atoms with Crippen LogP contribution in [0.2, 0.25) is 0 Å². The number of aryl methyl sites for hydroxylation is 2. The van der Waals surface area contributed by atoms with E-state index in [9.17, 15) is 9.59 Å². The first kappa shape index (κ1) is 18.4. The highest BCUT2D eigenvalue weighted by molar-refractivity contribution is 9.10. The minimum atomic E-state index is -0.114. The maximum Gasteiger partial charge on any atom is 0.220 e. The molecule has 0 saturated heterocycles. The molecule has 0 heterocycles. The Bertz CT molecular complexity index is 755. The molecule has 2 aromatic rings. The van der Waals surface area contributed by atoms with E-state index in [2.05, 4.69) is 21.2 Å². The summed E-state index contributed by atoms with van der Waals surface area (Å²) in [6.45, 7) is 5.81. The number of amides is 1. The average molecular weight is 388 g/mol. The van der Waals surface area contributed by atoms with Crippen molar-refractivity contribution < 1.29 is 9.59 Å². The van der Waals surface area contributed by atoms with Crippen LogP contribution in [0.3, 0.4) is 0 Å². The van der Waals surface area contributed by atoms with Crippen molar-refractivity contribution >= 4 is 27.6 Å². The molecule has 0 aromatic heterocycles. The van der Waals surface area contributed by atoms with Gasteiger partial charge in [0, 0.05) is 22.9 Å². The number of halogens is 1. The van der Waals surface area contributed by atoms with Gasteiger partial charge in [0.25, 0.3) is 0 Å². The summed E-state index contributed by atoms with van der Waals surface area (Å²) in [5, 5.41) is 2.95. The van der Waals surface area contributed by atoms with E-state index in [-0.39, 0.29) is 30.6 Å². The molecule has 2 rings (SSSR count). The first-order chi connectivity index (χ1) is 11.4. The molecule has 0 aliphatic carbocycles. The van der Waals surface area contributed by atoms with Gasteiger partial charge in [-0.05, 0) is 44.0 Å². The number of hydrogen-bond acceptors (Lipinski definition) is 2. The van der Waals surface area contributed by atoms with Gasteiger partial charge in [0.1, 0.15) is 0 Å². The topological polar surface area (TPSA) is 46.2 Å². The summed E-state index contributed by atoms with van der Waals surface area (Å²) >= 11 is 3.49. The number of carbonyl (C=O) groups is 2. The highest BCUT2D eigenvalue weighted by Gasteiger charge is 2.15. The van der Waals surface area contributed by atoms with Gasteiger partial charge < -0.3 is 5.32 Å². The number of ketones is 1. The van der Waals surface area contributed by atoms with Gasteiger partial charge in [-0.3, -0.25) is 9.59 Å². The van der Waals surface area contributed by atoms with Crippen LogP contribution >= 0.6 is 15.9 Å². The zero-order valence-electron chi connectivity index (χ0n) is 14.2. The van der Waals surface area contributed by atoms with E-state index in [0.29, 0.717) is 5.56 Å². The largest absolute Gasteiger partial charge is 0.350 e. The van der Waals surface area contributed by atoms with Gasteiger partial charge in [-0.15, -0.1) is 0 Å². The van der Waals surface area contributed by atoms with Crippen molar-refractivity contribution in [3.8, 4) is 0 Å². The van der Waals surface area contributed by atoms with Crippen LogP contribution in [0.15, 0.2) is 46.9 Å². The Morgan fingerprint density at radius 1 is 1.08 bits per heavy atom. The number of Topliss-reactive ketones (excluding diaryl/α,β-unsaturated/α-hetero) is 1. The monoisotopic (exact) mass is 387 g/mol. The molecule has 1 unspecified atom stereocenters. The van der Waals surface area contributed by atoms with Gasteiger partial charge in [0.2, 0.25) is 5.91 Å². The minimum absolute atomic E-state index is 0.0138. The third-order valence-electron chi connectivity index (χ3n) is 4.02. The lowest BCUT2D eigenvalue weighted by Gasteiger charge is -2.16. The van der Waals surface area contributed by atoms with Crippen LogP contribution in [0.4, 0.5) is 0 Å². The summed E-state index contributed by atoms with van der Waals surface area (Å²) in [5.41, 5.74) is 3.73. The van der Waals surface area contributed by atoms with E-state index < -0.39 is 0 Å². The van der Waals surface area contributed by atoms with Gasteiger partial charge in [-0.1, -0.05) is 51.8 Å². The summed E-state index contributed by atoms with van der Waals surface area (Å²) in [5.74, 6) is -0.100. The molecule has 0 aliphatic heterocycles. The molecular weight excluding hydrogens is 366 g/mol. The minimum Gasteiger partial charge on any atom is -0.350 e. The highest BCUT2D eigenvalue weighted by atomic mass is 79.9. The number of rotatable bonds is 6. The molecule has 4 heteroatoms. The molecule has 0 fully saturated rings. The molecule has 0 spiro atoms. The predicted octanol–water partition coefficient (Wildman–Crippen LogP) is 4.91. The molecule has 1 atom stereocenters. The van der Waals surface area contributed by atoms with Crippen LogP contribution in [0.5, 0.6) is 0 Å². The van der Waals surface area contributed by atoms with Gasteiger partial charge in [-0.2, -0.15) is 0 Å². The Kier molecular flexibility index (Phi) is 6.32. The standard InChI is InChI=1S/C20H22BrNO2/c1-13-8-9-14(2)17(12-13)19(23)10-11-20(24)22-15(3)16-6-4-5-7-18(16)21/h4-9,12,15H,10-11H2,1-3H3,(H,22,24). The van der Waals surface area contributed by atoms with E-state index >= 15 is 0 Å². The summed E-state index contributed by atoms with van der Waals surface area (Å²) in [6, 6.07) is 13.5. The second kappa shape index (κ2) is 8.25. The number of hydrogen-bond donors (Lipinski definition) is 1. The van der Waals surface area contributed by atoms with E-state index in [1.54, 1.807) is 0 Å². The lowest BCUT2D eigenvalue weighted by atomic mass is 9.99. The van der Waals surface area contributed by atoms with Crippen molar-refractivity contribution in [3.63, 3.8) is 0 Å². The fourth-order valence-electron chi connectivity index (χ4n) is 2.62. The van der Waals surface area contributed by atoms with Crippen LogP contribution in [0, 0.1) is 13.8 Å². The lowest BCUT2D eigenvalue weighted by Crippen LogP contribution is -2.27. The van der Waals surface area contributed by atoms with Crippen LogP contribution in [-0.4, -0.2) is 11.7 Å². The maximum atomic E-state index is 12.3. The Morgan fingerprint density at radius 2 is 1.79 bits per heavy atom. The molecule has 3 nitrogen and oxygen atoms in total. The predicted molar refractivity (Wildman–Crippen MR) is 100 cm³/mol. The SMILES string of the molecule is Cc1ccc(C)c(C(=O)CCC(=O)NC(C)c2ccccc2Br)c1. The quantitative estimate of drug-likeness (QED) is 0.715. The lowest BCUT2D eigenvalue weighted by molar-refractivity contribution is -0.121. The Hall–Kier alpha value is -1.94. The van der Waals surface area contributed by atoms with Gasteiger partial charge in [0.05, 0.1) is 6.04 Å². The molecule has 2 aromatic carbocycles. The van der Waals surface area contributed by atoms with Gasteiger partial charge >= 0.3 is 0 Å². The fraction of sp³-hybridized carbons (Fsp3) is 0.300. The summed E-state index contributed by atoms with van der Waals surface area (Å²) in [4.78, 5) is 24.5. The number of carbonyl (C=O) groups excluding carboxylic acids is 2. The van der Waals surface area contributed by atoms with Gasteiger partial charge in [-0.25, -0.2) is 0 Å². The highest BCUT2D eigenvalue weighted by Crippen LogP contribution is 2.23. The van der Waals surface area contributed by atoms with Crippen molar-refractivity contribution in [3.05, 3.63) is 69.2 Å². The van der Waals surface area contributed by atoms with Crippen molar-refractivity contribution in [1.29, 1.82) is 0 Å². The number of nitrogens with one attached hydrogen (secondary N) is 1. The summed E-state index contributed by atoms with van der Waals surface area (Å²) < 4.78 is 0.962. The second-order valence-corrected chi connectivity index (χ2v) is 6.91. The molecular formula is C20H22BrNO2. The molecule has 0 saturated carbocycles. The van der Waals surface area contributed by atoms with Crippen LogP contribution in [0.1, 0.15) is 52.9 Å². The Labute approximate surface area is 151 Å². The molecule has 1 amide bonds. The fourth-order valence-corrected chi connectivity index (χ4v) is 3.24. The average Bonchev–Trinajstić information content (AvgIpc) is 2.55. The second-order valence-electron chi connectivity index (χ2n) is 6.05. The molecule has 1 N–H and O–H groups in total. The molecule has 126 valence electrons. The third kappa shape index (κ3) is 4.78. The molecule has 0 aliphatic rings. The Balaban J connectivity index is 1.92. The zero-order chi connectivity index (χ0) is 17.7. The smallest absolute Gasteiger partial charge is 0.220 e. The molecule has 24 heavy (non-hydrogen) atoms. The van der Waals surface area contributed by atoms with E-state index in [1.165, 1.54) is 0 Å². The molecule has 0 bridgehead atoms. The van der Waals surface area contributed by atoms with E-state index in [4.69, 9.17) is 0 Å². The van der Waals surface area contributed by atoms with Crippen molar-refractivity contribution in [2.24, 2.45) is 0 Å². The Morgan fingerprint density at radius 3 is 2.50 bits per heavy atom. The van der Waals surface area contributed by atoms with Crippen LogP contribution in [-0.2, 0) is 4.79 Å². The first-order valence-corrected chi connectivity index (χ1v) is 8.82. The maximum absolute atomic E-state index is 12.3. The van der Waals surface area contributed by atoms with Gasteiger partial charge in [0.15, 0.2) is 5.78 Å². The van der Waals surface area contributed by atoms with Crippen molar-refractivity contribution in [1.82, 2.24) is 5.32 Å². The summed E-state index contributed by atoms with van der Waals surface area (Å²) in [6.07, 6.45) is 0.416. The van der Waals surface area contributed by atoms with Crippen LogP contribution in [0.25, 0.3) is 0 Å². The van der Waals surface area contributed by atoms with E-state index in [1.807, 2.05) is 63.2 Å². The van der Waals surface area contributed by atoms with E-state index in [0.717, 1.165) is 21.2 Å². The molecule has 0 radical (unpaired) electrons. The first-order valence-electron chi connectivity index (χ1n) is 8.02. The van der Waals surface area contributed by atoms with Crippen molar-refractivity contribution in [2.75, 3.05) is 0 Å². The zero-order valence-corrected chi connectivity index (χ0v) is 15.8. The van der Waals surface area contributed by atoms with Crippen molar-refractivity contribution in [2.45, 2.75) is 39.7 Å². The normalized spacial score (nSPS) is 11.8. The third-order valence-corrected chi connectivity index (χ3v) is 4.74.